The van der Waals surface area contributed by atoms with Crippen LogP contribution in [0.2, 0.25) is 0 Å². The zero-order chi connectivity index (χ0) is 29.8. The summed E-state index contributed by atoms with van der Waals surface area (Å²) in [7, 11) is 0. The van der Waals surface area contributed by atoms with E-state index in [1.807, 2.05) is 0 Å². The van der Waals surface area contributed by atoms with Gasteiger partial charge in [0.15, 0.2) is 5.78 Å². The quantitative estimate of drug-likeness (QED) is 0.364. The molecule has 0 unspecified atom stereocenters. The van der Waals surface area contributed by atoms with Crippen molar-refractivity contribution in [3.05, 3.63) is 11.1 Å². The van der Waals surface area contributed by atoms with E-state index < -0.39 is 11.1 Å². The van der Waals surface area contributed by atoms with E-state index in [0.29, 0.717) is 42.4 Å². The van der Waals surface area contributed by atoms with Crippen LogP contribution in [0.5, 0.6) is 0 Å². The summed E-state index contributed by atoms with van der Waals surface area (Å²) in [6.07, 6.45) is 11.6. The number of rotatable bonds is 4. The molecule has 0 aromatic rings. The van der Waals surface area contributed by atoms with E-state index in [9.17, 15) is 14.7 Å². The lowest BCUT2D eigenvalue weighted by atomic mass is 9.32. The number of aliphatic hydroxyl groups is 1. The number of carbonyl (C=O) groups excluding carboxylic acids is 2. The van der Waals surface area contributed by atoms with Crippen molar-refractivity contribution in [3.8, 4) is 0 Å². The minimum atomic E-state index is -1.17. The molecule has 1 saturated heterocycles. The summed E-state index contributed by atoms with van der Waals surface area (Å²) in [5.41, 5.74) is 1.72. The Balaban J connectivity index is 1.30. The third-order valence-corrected chi connectivity index (χ3v) is 14.9. The summed E-state index contributed by atoms with van der Waals surface area (Å²) < 4.78 is 0. The molecule has 1 amide bonds. The number of allylic oxidation sites excluding steroid dienone is 2. The summed E-state index contributed by atoms with van der Waals surface area (Å²) in [6, 6.07) is 0. The highest BCUT2D eigenvalue weighted by Crippen LogP contribution is 2.77. The Morgan fingerprint density at radius 2 is 1.59 bits per heavy atom. The van der Waals surface area contributed by atoms with Crippen molar-refractivity contribution in [3.63, 3.8) is 0 Å². The Hall–Kier alpha value is -1.20. The number of ketones is 1. The van der Waals surface area contributed by atoms with Crippen molar-refractivity contribution in [2.24, 2.45) is 50.7 Å². The Labute approximate surface area is 249 Å². The summed E-state index contributed by atoms with van der Waals surface area (Å²) in [5, 5.41) is 15.3. The number of carbonyl (C=O) groups is 2. The van der Waals surface area contributed by atoms with Crippen LogP contribution in [0.4, 0.5) is 0 Å². The van der Waals surface area contributed by atoms with Gasteiger partial charge in [-0.2, -0.15) is 0 Å². The summed E-state index contributed by atoms with van der Waals surface area (Å²) >= 11 is 0. The molecule has 5 nitrogen and oxygen atoms in total. The first-order valence-electron chi connectivity index (χ1n) is 17.1. The molecule has 0 aromatic heterocycles. The molecule has 4 saturated carbocycles. The molecule has 5 fully saturated rings. The molecule has 0 spiro atoms. The fourth-order valence-corrected chi connectivity index (χ4v) is 12.5. The molecule has 1 aliphatic heterocycles. The van der Waals surface area contributed by atoms with E-state index in [2.05, 4.69) is 65.6 Å². The van der Waals surface area contributed by atoms with Gasteiger partial charge in [0.25, 0.3) is 0 Å². The van der Waals surface area contributed by atoms with E-state index in [0.717, 1.165) is 51.6 Å². The Bertz CT molecular complexity index is 1150. The maximum absolute atomic E-state index is 13.4. The smallest absolute Gasteiger partial charge is 0.236 e. The number of Topliss-reactive ketones (excluding diaryl/α,β-unsaturated/α-hetero) is 1. The molecule has 0 radical (unpaired) electrons. The van der Waals surface area contributed by atoms with E-state index in [-0.39, 0.29) is 27.6 Å². The number of likely N-dealkylation sites (tertiary alicyclic amines) is 1. The minimum absolute atomic E-state index is 0.0228. The van der Waals surface area contributed by atoms with Gasteiger partial charge in [-0.1, -0.05) is 61.0 Å². The molecule has 0 aromatic carbocycles. The molecule has 6 aliphatic rings. The maximum atomic E-state index is 13.4. The third kappa shape index (κ3) is 3.99. The Morgan fingerprint density at radius 1 is 0.902 bits per heavy atom. The van der Waals surface area contributed by atoms with Crippen LogP contribution in [0.15, 0.2) is 11.1 Å². The molecule has 6 rings (SSSR count). The predicted octanol–water partition coefficient (Wildman–Crippen LogP) is 6.89. The third-order valence-electron chi connectivity index (χ3n) is 14.9. The van der Waals surface area contributed by atoms with Gasteiger partial charge in [0, 0.05) is 11.8 Å². The van der Waals surface area contributed by atoms with Gasteiger partial charge in [0.1, 0.15) is 5.72 Å². The highest BCUT2D eigenvalue weighted by Gasteiger charge is 2.71. The van der Waals surface area contributed by atoms with Crippen LogP contribution in [-0.4, -0.2) is 47.1 Å². The second-order valence-electron chi connectivity index (χ2n) is 17.4. The van der Waals surface area contributed by atoms with E-state index >= 15 is 0 Å². The average molecular weight is 567 g/mol. The van der Waals surface area contributed by atoms with Crippen molar-refractivity contribution in [1.29, 1.82) is 0 Å². The van der Waals surface area contributed by atoms with Crippen molar-refractivity contribution in [2.75, 3.05) is 19.6 Å². The van der Waals surface area contributed by atoms with Gasteiger partial charge in [0.05, 0.1) is 6.54 Å². The van der Waals surface area contributed by atoms with Gasteiger partial charge >= 0.3 is 0 Å². The van der Waals surface area contributed by atoms with Crippen LogP contribution < -0.4 is 5.32 Å². The van der Waals surface area contributed by atoms with Crippen LogP contribution in [0, 0.1) is 50.7 Å². The summed E-state index contributed by atoms with van der Waals surface area (Å²) in [4.78, 5) is 28.7. The lowest BCUT2D eigenvalue weighted by molar-refractivity contribution is -0.257. The normalized spacial score (nSPS) is 47.6. The zero-order valence-electron chi connectivity index (χ0n) is 27.4. The van der Waals surface area contributed by atoms with Crippen LogP contribution >= 0.6 is 0 Å². The fourth-order valence-electron chi connectivity index (χ4n) is 12.5. The lowest BCUT2D eigenvalue weighted by Crippen LogP contribution is -2.71. The van der Waals surface area contributed by atoms with Crippen LogP contribution in [-0.2, 0) is 9.59 Å². The van der Waals surface area contributed by atoms with Gasteiger partial charge in [-0.3, -0.25) is 14.5 Å². The number of nitrogens with one attached hydrogen (secondary N) is 1. The number of fused-ring (bicyclic) bond motifs is 7. The largest absolute Gasteiger partial charge is 0.370 e. The minimum Gasteiger partial charge on any atom is -0.370 e. The van der Waals surface area contributed by atoms with Gasteiger partial charge in [0.2, 0.25) is 5.91 Å². The number of nitrogens with zero attached hydrogens (tertiary/aromatic N) is 1. The standard InChI is InChI=1S/C36H58N2O3/c1-23(2)29-25(39)21-32(5)15-17-34(7)24(30(29)32)11-12-27-33(6)16-18-36(41,37-28(40)22-38-19-9-10-20-38)31(3,4)26(33)13-14-35(27,34)8/h23-24,26-27,41H,9-22H2,1-8H3,(H,37,40)/t24-,26+,27-,32+,33+,34-,35-,36+/m1/s1. The molecular weight excluding hydrogens is 508 g/mol. The van der Waals surface area contributed by atoms with Crippen molar-refractivity contribution < 1.29 is 14.7 Å². The second-order valence-corrected chi connectivity index (χ2v) is 17.4. The molecule has 230 valence electrons. The van der Waals surface area contributed by atoms with Gasteiger partial charge in [-0.15, -0.1) is 0 Å². The first-order valence-corrected chi connectivity index (χ1v) is 17.1. The van der Waals surface area contributed by atoms with Crippen molar-refractivity contribution >= 4 is 11.7 Å². The predicted molar refractivity (Wildman–Crippen MR) is 164 cm³/mol. The fraction of sp³-hybridized carbons (Fsp3) is 0.889. The van der Waals surface area contributed by atoms with Crippen molar-refractivity contribution in [1.82, 2.24) is 10.2 Å². The highest BCUT2D eigenvalue weighted by atomic mass is 16.3. The Kier molecular flexibility index (Phi) is 6.84. The van der Waals surface area contributed by atoms with Gasteiger partial charge < -0.3 is 10.4 Å². The Morgan fingerprint density at radius 3 is 2.24 bits per heavy atom. The van der Waals surface area contributed by atoms with Gasteiger partial charge in [-0.05, 0) is 128 Å². The van der Waals surface area contributed by atoms with E-state index in [1.165, 1.54) is 31.3 Å². The lowest BCUT2D eigenvalue weighted by Gasteiger charge is -2.73. The molecule has 8 atom stereocenters. The molecule has 1 heterocycles. The summed E-state index contributed by atoms with van der Waals surface area (Å²) in [6.45, 7) is 21.4. The topological polar surface area (TPSA) is 69.6 Å². The monoisotopic (exact) mass is 566 g/mol. The van der Waals surface area contributed by atoms with Gasteiger partial charge in [-0.25, -0.2) is 0 Å². The van der Waals surface area contributed by atoms with Crippen LogP contribution in [0.25, 0.3) is 0 Å². The van der Waals surface area contributed by atoms with E-state index in [4.69, 9.17) is 0 Å². The SMILES string of the molecule is CC(C)C1=C2[C@H]3CC[C@@H]4[C@@]5(C)CC[C@@](O)(NC(=O)CN6CCCC6)C(C)(C)[C@@H]5CC[C@@]4(C)[C@]3(C)CC[C@@]2(C)CC1=O. The second kappa shape index (κ2) is 9.40. The van der Waals surface area contributed by atoms with Crippen LogP contribution in [0.3, 0.4) is 0 Å². The average Bonchev–Trinajstić information content (AvgIpc) is 3.47. The zero-order valence-corrected chi connectivity index (χ0v) is 27.4. The number of hydrogen-bond acceptors (Lipinski definition) is 4. The van der Waals surface area contributed by atoms with Crippen LogP contribution in [0.1, 0.15) is 126 Å². The maximum Gasteiger partial charge on any atom is 0.236 e. The summed E-state index contributed by atoms with van der Waals surface area (Å²) in [5.74, 6) is 2.15. The van der Waals surface area contributed by atoms with Crippen molar-refractivity contribution in [2.45, 2.75) is 132 Å². The highest BCUT2D eigenvalue weighted by molar-refractivity contribution is 6.00. The number of amides is 1. The molecule has 5 aliphatic carbocycles. The van der Waals surface area contributed by atoms with E-state index in [1.54, 1.807) is 5.57 Å². The first-order chi connectivity index (χ1) is 19.0. The molecule has 41 heavy (non-hydrogen) atoms. The molecule has 2 N–H and O–H groups in total. The molecule has 5 heteroatoms. The first kappa shape index (κ1) is 29.9. The molecule has 0 bridgehead atoms. The number of hydrogen-bond donors (Lipinski definition) is 2. The molecular formula is C36H58N2O3.